The van der Waals surface area contributed by atoms with Crippen LogP contribution in [0, 0.1) is 5.82 Å². The van der Waals surface area contributed by atoms with Gasteiger partial charge < -0.3 is 9.42 Å². The lowest BCUT2D eigenvalue weighted by Gasteiger charge is -2.48. The lowest BCUT2D eigenvalue weighted by atomic mass is 10.1. The van der Waals surface area contributed by atoms with E-state index in [1.54, 1.807) is 0 Å². The third kappa shape index (κ3) is 3.20. The average molecular weight is 317 g/mol. The highest BCUT2D eigenvalue weighted by Gasteiger charge is 2.34. The molecule has 1 aromatic carbocycles. The Bertz CT molecular complexity index is 618. The summed E-state index contributed by atoms with van der Waals surface area (Å²) in [4.78, 5) is 11.3. The van der Waals surface area contributed by atoms with E-state index in [1.165, 1.54) is 18.5 Å². The average Bonchev–Trinajstić information content (AvgIpc) is 3.05. The normalized spacial score (nSPS) is 20.7. The van der Waals surface area contributed by atoms with Crippen LogP contribution in [0.5, 0.6) is 0 Å². The van der Waals surface area contributed by atoms with Gasteiger partial charge in [-0.1, -0.05) is 5.16 Å². The molecule has 3 heterocycles. The molecule has 0 atom stereocenters. The minimum Gasteiger partial charge on any atom is -0.369 e. The smallest absolute Gasteiger partial charge is 0.240 e. The van der Waals surface area contributed by atoms with Crippen molar-refractivity contribution in [2.45, 2.75) is 12.6 Å². The van der Waals surface area contributed by atoms with E-state index in [1.807, 2.05) is 12.1 Å². The Labute approximate surface area is 134 Å². The SMILES string of the molecule is Fc1ccc(N2CCN(C3CN(Cc4ncno4)C3)CC2)cc1. The van der Waals surface area contributed by atoms with Gasteiger partial charge in [0.25, 0.3) is 0 Å². The number of benzene rings is 1. The van der Waals surface area contributed by atoms with Gasteiger partial charge in [0.1, 0.15) is 5.82 Å². The van der Waals surface area contributed by atoms with E-state index in [2.05, 4.69) is 24.8 Å². The molecule has 4 rings (SSSR count). The molecule has 2 aliphatic rings. The van der Waals surface area contributed by atoms with Crippen LogP contribution >= 0.6 is 0 Å². The van der Waals surface area contributed by atoms with E-state index in [0.29, 0.717) is 11.9 Å². The van der Waals surface area contributed by atoms with E-state index in [-0.39, 0.29) is 5.82 Å². The van der Waals surface area contributed by atoms with Crippen LogP contribution in [0.2, 0.25) is 0 Å². The molecule has 0 spiro atoms. The van der Waals surface area contributed by atoms with E-state index < -0.39 is 0 Å². The van der Waals surface area contributed by atoms with E-state index in [0.717, 1.165) is 51.5 Å². The molecule has 0 N–H and O–H groups in total. The molecule has 6 nitrogen and oxygen atoms in total. The van der Waals surface area contributed by atoms with Crippen molar-refractivity contribution in [1.82, 2.24) is 19.9 Å². The van der Waals surface area contributed by atoms with Gasteiger partial charge >= 0.3 is 0 Å². The molecule has 0 amide bonds. The first-order valence-corrected chi connectivity index (χ1v) is 8.00. The van der Waals surface area contributed by atoms with Gasteiger partial charge in [-0.05, 0) is 24.3 Å². The molecule has 0 aliphatic carbocycles. The number of piperazine rings is 1. The summed E-state index contributed by atoms with van der Waals surface area (Å²) in [5, 5.41) is 3.63. The number of rotatable bonds is 4. The van der Waals surface area contributed by atoms with Crippen LogP contribution in [0.1, 0.15) is 5.89 Å². The van der Waals surface area contributed by atoms with Gasteiger partial charge in [0.2, 0.25) is 5.89 Å². The lowest BCUT2D eigenvalue weighted by Crippen LogP contribution is -2.62. The van der Waals surface area contributed by atoms with Crippen molar-refractivity contribution < 1.29 is 8.91 Å². The monoisotopic (exact) mass is 317 g/mol. The molecule has 0 radical (unpaired) electrons. The van der Waals surface area contributed by atoms with Crippen molar-refractivity contribution in [3.63, 3.8) is 0 Å². The van der Waals surface area contributed by atoms with Gasteiger partial charge in [0.15, 0.2) is 6.33 Å². The summed E-state index contributed by atoms with van der Waals surface area (Å²) in [6.07, 6.45) is 1.45. The zero-order chi connectivity index (χ0) is 15.6. The summed E-state index contributed by atoms with van der Waals surface area (Å²) in [6.45, 7) is 6.94. The maximum atomic E-state index is 13.0. The summed E-state index contributed by atoms with van der Waals surface area (Å²) < 4.78 is 18.0. The molecule has 0 saturated carbocycles. The second-order valence-corrected chi connectivity index (χ2v) is 6.18. The second-order valence-electron chi connectivity index (χ2n) is 6.18. The summed E-state index contributed by atoms with van der Waals surface area (Å²) >= 11 is 0. The zero-order valence-electron chi connectivity index (χ0n) is 12.9. The van der Waals surface area contributed by atoms with Crippen molar-refractivity contribution in [3.05, 3.63) is 42.3 Å². The Hall–Kier alpha value is -1.99. The third-order valence-corrected chi connectivity index (χ3v) is 4.73. The molecule has 2 fully saturated rings. The summed E-state index contributed by atoms with van der Waals surface area (Å²) in [5.41, 5.74) is 1.11. The van der Waals surface area contributed by atoms with Crippen molar-refractivity contribution in [2.75, 3.05) is 44.2 Å². The Morgan fingerprint density at radius 2 is 1.83 bits per heavy atom. The predicted octanol–water partition coefficient (Wildman–Crippen LogP) is 1.22. The number of halogens is 1. The van der Waals surface area contributed by atoms with Crippen LogP contribution in [0.25, 0.3) is 0 Å². The highest BCUT2D eigenvalue weighted by Crippen LogP contribution is 2.21. The predicted molar refractivity (Wildman–Crippen MR) is 83.5 cm³/mol. The fourth-order valence-corrected chi connectivity index (χ4v) is 3.36. The number of likely N-dealkylation sites (tertiary alicyclic amines) is 1. The van der Waals surface area contributed by atoms with E-state index in [9.17, 15) is 4.39 Å². The van der Waals surface area contributed by atoms with Gasteiger partial charge in [-0.25, -0.2) is 4.39 Å². The van der Waals surface area contributed by atoms with Crippen molar-refractivity contribution >= 4 is 5.69 Å². The van der Waals surface area contributed by atoms with Crippen molar-refractivity contribution in [3.8, 4) is 0 Å². The van der Waals surface area contributed by atoms with Crippen LogP contribution in [0.4, 0.5) is 10.1 Å². The molecule has 0 unspecified atom stereocenters. The largest absolute Gasteiger partial charge is 0.369 e. The summed E-state index contributed by atoms with van der Waals surface area (Å²) in [5.74, 6) is 0.507. The number of hydrogen-bond donors (Lipinski definition) is 0. The molecule has 23 heavy (non-hydrogen) atoms. The molecule has 7 heteroatoms. The Balaban J connectivity index is 1.24. The molecule has 2 aromatic rings. The first kappa shape index (κ1) is 14.6. The highest BCUT2D eigenvalue weighted by atomic mass is 19.1. The Morgan fingerprint density at radius 1 is 1.09 bits per heavy atom. The molecule has 0 bridgehead atoms. The van der Waals surface area contributed by atoms with Crippen LogP contribution in [-0.2, 0) is 6.54 Å². The van der Waals surface area contributed by atoms with E-state index in [4.69, 9.17) is 4.52 Å². The van der Waals surface area contributed by atoms with Crippen molar-refractivity contribution in [1.29, 1.82) is 0 Å². The van der Waals surface area contributed by atoms with Gasteiger partial charge in [0.05, 0.1) is 6.54 Å². The van der Waals surface area contributed by atoms with Gasteiger partial charge in [-0.2, -0.15) is 4.98 Å². The molecule has 2 aliphatic heterocycles. The van der Waals surface area contributed by atoms with Gasteiger partial charge in [-0.15, -0.1) is 0 Å². The number of anilines is 1. The van der Waals surface area contributed by atoms with Crippen LogP contribution in [-0.4, -0.2) is 65.3 Å². The maximum absolute atomic E-state index is 13.0. The molecular formula is C16H20FN5O. The second kappa shape index (κ2) is 6.25. The number of hydrogen-bond acceptors (Lipinski definition) is 6. The van der Waals surface area contributed by atoms with Gasteiger partial charge in [-0.3, -0.25) is 9.80 Å². The van der Waals surface area contributed by atoms with Crippen LogP contribution in [0.3, 0.4) is 0 Å². The fraction of sp³-hybridized carbons (Fsp3) is 0.500. The quantitative estimate of drug-likeness (QED) is 0.845. The van der Waals surface area contributed by atoms with Crippen LogP contribution < -0.4 is 4.90 Å². The highest BCUT2D eigenvalue weighted by molar-refractivity contribution is 5.46. The minimum absolute atomic E-state index is 0.178. The number of aromatic nitrogens is 2. The minimum atomic E-state index is -0.178. The third-order valence-electron chi connectivity index (χ3n) is 4.73. The van der Waals surface area contributed by atoms with Gasteiger partial charge in [0, 0.05) is 51.0 Å². The fourth-order valence-electron chi connectivity index (χ4n) is 3.36. The maximum Gasteiger partial charge on any atom is 0.240 e. The summed E-state index contributed by atoms with van der Waals surface area (Å²) in [7, 11) is 0. The Kier molecular flexibility index (Phi) is 3.97. The van der Waals surface area contributed by atoms with E-state index >= 15 is 0 Å². The first-order chi connectivity index (χ1) is 11.3. The number of nitrogens with zero attached hydrogens (tertiary/aromatic N) is 5. The van der Waals surface area contributed by atoms with Crippen molar-refractivity contribution in [2.24, 2.45) is 0 Å². The topological polar surface area (TPSA) is 48.6 Å². The standard InChI is InChI=1S/C16H20FN5O/c17-13-1-3-14(4-2-13)21-5-7-22(8-6-21)15-9-20(10-15)11-16-18-12-19-23-16/h1-4,12,15H,5-11H2. The first-order valence-electron chi connectivity index (χ1n) is 8.00. The molecule has 2 saturated heterocycles. The zero-order valence-corrected chi connectivity index (χ0v) is 12.9. The molecule has 1 aromatic heterocycles. The molecular weight excluding hydrogens is 297 g/mol. The molecule has 122 valence electrons. The summed E-state index contributed by atoms with van der Waals surface area (Å²) in [6, 6.07) is 7.40. The van der Waals surface area contributed by atoms with Crippen LogP contribution in [0.15, 0.2) is 35.1 Å². The lowest BCUT2D eigenvalue weighted by molar-refractivity contribution is 0.0196. The Morgan fingerprint density at radius 3 is 2.48 bits per heavy atom.